The number of aromatic amines is 1. The molecule has 1 N–H and O–H groups in total. The van der Waals surface area contributed by atoms with Crippen LogP contribution in [0, 0.1) is 0 Å². The highest BCUT2D eigenvalue weighted by atomic mass is 35.5. The van der Waals surface area contributed by atoms with Crippen molar-refractivity contribution in [1.29, 1.82) is 0 Å². The average Bonchev–Trinajstić information content (AvgIpc) is 2.50. The molecule has 2 heterocycles. The lowest BCUT2D eigenvalue weighted by atomic mass is 10.4. The van der Waals surface area contributed by atoms with E-state index >= 15 is 0 Å². The molecule has 2 aromatic heterocycles. The maximum absolute atomic E-state index is 5.78. The van der Waals surface area contributed by atoms with Gasteiger partial charge in [-0.25, -0.2) is 4.98 Å². The summed E-state index contributed by atoms with van der Waals surface area (Å²) in [5.74, 6) is 0. The van der Waals surface area contributed by atoms with Crippen molar-refractivity contribution in [3.63, 3.8) is 0 Å². The van der Waals surface area contributed by atoms with Gasteiger partial charge >= 0.3 is 0 Å². The van der Waals surface area contributed by atoms with Crippen LogP contribution in [-0.4, -0.2) is 25.4 Å². The number of halogens is 1. The largest absolute Gasteiger partial charge is 0.261 e. The summed E-state index contributed by atoms with van der Waals surface area (Å²) in [7, 11) is 0. The van der Waals surface area contributed by atoms with Crippen LogP contribution in [0.5, 0.6) is 0 Å². The lowest BCUT2D eigenvalue weighted by molar-refractivity contribution is 1.05. The summed E-state index contributed by atoms with van der Waals surface area (Å²) < 4.78 is 0. The van der Waals surface area contributed by atoms with Crippen LogP contribution in [0.3, 0.4) is 0 Å². The van der Waals surface area contributed by atoms with Gasteiger partial charge in [0.15, 0.2) is 5.65 Å². The van der Waals surface area contributed by atoms with Gasteiger partial charge in [0, 0.05) is 5.25 Å². The summed E-state index contributed by atoms with van der Waals surface area (Å²) in [5.41, 5.74) is 0.688. The molecular weight excluding hydrogens is 220 g/mol. The fraction of sp³-hybridized carbons (Fsp3) is 0.375. The predicted octanol–water partition coefficient (Wildman–Crippen LogP) is 2.51. The van der Waals surface area contributed by atoms with Crippen molar-refractivity contribution in [3.8, 4) is 0 Å². The summed E-state index contributed by atoms with van der Waals surface area (Å²) in [6.07, 6.45) is 1.72. The molecule has 4 nitrogen and oxygen atoms in total. The molecule has 0 aromatic carbocycles. The molecule has 0 fully saturated rings. The zero-order valence-corrected chi connectivity index (χ0v) is 9.35. The number of nitrogens with zero attached hydrogens (tertiary/aromatic N) is 3. The molecule has 0 saturated heterocycles. The van der Waals surface area contributed by atoms with Crippen molar-refractivity contribution in [2.24, 2.45) is 0 Å². The number of hydrogen-bond acceptors (Lipinski definition) is 4. The summed E-state index contributed by atoms with van der Waals surface area (Å²) >= 11 is 7.43. The van der Waals surface area contributed by atoms with Gasteiger partial charge in [0.25, 0.3) is 0 Å². The first-order valence-corrected chi connectivity index (χ1v) is 5.46. The van der Waals surface area contributed by atoms with Crippen LogP contribution < -0.4 is 0 Å². The second-order valence-electron chi connectivity index (χ2n) is 3.10. The number of H-pyrrole nitrogens is 1. The number of thioether (sulfide) groups is 1. The molecule has 0 unspecified atom stereocenters. The lowest BCUT2D eigenvalue weighted by Gasteiger charge is -2.04. The molecule has 74 valence electrons. The Balaban J connectivity index is 2.55. The molecule has 0 bridgehead atoms. The molecule has 0 aliphatic carbocycles. The molecule has 0 aliphatic heterocycles. The van der Waals surface area contributed by atoms with Gasteiger partial charge in [-0.1, -0.05) is 13.8 Å². The van der Waals surface area contributed by atoms with Gasteiger partial charge in [0.2, 0.25) is 5.28 Å². The van der Waals surface area contributed by atoms with E-state index < -0.39 is 0 Å². The van der Waals surface area contributed by atoms with E-state index in [1.165, 1.54) is 0 Å². The Hall–Kier alpha value is -0.810. The van der Waals surface area contributed by atoms with Crippen molar-refractivity contribution < 1.29 is 0 Å². The first kappa shape index (κ1) is 9.73. The summed E-state index contributed by atoms with van der Waals surface area (Å²) in [5, 5.41) is 9.20. The van der Waals surface area contributed by atoms with Crippen LogP contribution in [-0.2, 0) is 0 Å². The molecule has 0 spiro atoms. The zero-order valence-electron chi connectivity index (χ0n) is 7.78. The van der Waals surface area contributed by atoms with Crippen molar-refractivity contribution in [1.82, 2.24) is 20.2 Å². The highest BCUT2D eigenvalue weighted by Gasteiger charge is 2.10. The Morgan fingerprint density at radius 2 is 2.21 bits per heavy atom. The number of aromatic nitrogens is 4. The van der Waals surface area contributed by atoms with Gasteiger partial charge < -0.3 is 0 Å². The third-order valence-corrected chi connectivity index (χ3v) is 2.77. The summed E-state index contributed by atoms with van der Waals surface area (Å²) in [4.78, 5) is 8.20. The number of fused-ring (bicyclic) bond motifs is 1. The smallest absolute Gasteiger partial charge is 0.225 e. The molecule has 0 amide bonds. The van der Waals surface area contributed by atoms with E-state index in [0.29, 0.717) is 10.9 Å². The monoisotopic (exact) mass is 228 g/mol. The van der Waals surface area contributed by atoms with E-state index in [1.807, 2.05) is 0 Å². The van der Waals surface area contributed by atoms with Crippen LogP contribution >= 0.6 is 23.4 Å². The minimum atomic E-state index is 0.255. The Labute approximate surface area is 90.5 Å². The Morgan fingerprint density at radius 1 is 1.43 bits per heavy atom. The van der Waals surface area contributed by atoms with Crippen LogP contribution in [0.2, 0.25) is 5.28 Å². The van der Waals surface area contributed by atoms with Gasteiger partial charge in [-0.3, -0.25) is 5.10 Å². The highest BCUT2D eigenvalue weighted by Crippen LogP contribution is 2.27. The molecule has 6 heteroatoms. The summed E-state index contributed by atoms with van der Waals surface area (Å²) in [6.45, 7) is 4.21. The zero-order chi connectivity index (χ0) is 10.1. The Morgan fingerprint density at radius 3 is 2.93 bits per heavy atom. The fourth-order valence-corrected chi connectivity index (χ4v) is 2.18. The second-order valence-corrected chi connectivity index (χ2v) is 5.00. The van der Waals surface area contributed by atoms with E-state index in [9.17, 15) is 0 Å². The summed E-state index contributed by atoms with van der Waals surface area (Å²) in [6, 6.07) is 0. The van der Waals surface area contributed by atoms with Crippen molar-refractivity contribution in [2.45, 2.75) is 24.1 Å². The van der Waals surface area contributed by atoms with Crippen LogP contribution in [0.1, 0.15) is 13.8 Å². The Bertz CT molecular complexity index is 454. The van der Waals surface area contributed by atoms with Crippen LogP contribution in [0.15, 0.2) is 11.2 Å². The highest BCUT2D eigenvalue weighted by molar-refractivity contribution is 8.00. The lowest BCUT2D eigenvalue weighted by Crippen LogP contribution is -1.92. The third kappa shape index (κ3) is 1.83. The quantitative estimate of drug-likeness (QED) is 0.488. The van der Waals surface area contributed by atoms with Crippen molar-refractivity contribution in [2.75, 3.05) is 0 Å². The maximum atomic E-state index is 5.78. The molecule has 2 rings (SSSR count). The van der Waals surface area contributed by atoms with Gasteiger partial charge in [-0.05, 0) is 11.6 Å². The minimum absolute atomic E-state index is 0.255. The molecule has 0 saturated carbocycles. The number of hydrogen-bond donors (Lipinski definition) is 1. The van der Waals surface area contributed by atoms with Gasteiger partial charge in [-0.2, -0.15) is 10.1 Å². The van der Waals surface area contributed by atoms with Gasteiger partial charge in [-0.15, -0.1) is 11.8 Å². The van der Waals surface area contributed by atoms with Crippen LogP contribution in [0.4, 0.5) is 0 Å². The molecular formula is C8H9ClN4S. The second kappa shape index (κ2) is 3.74. The maximum Gasteiger partial charge on any atom is 0.225 e. The first-order chi connectivity index (χ1) is 6.66. The molecule has 0 atom stereocenters. The third-order valence-electron chi connectivity index (χ3n) is 1.59. The fourth-order valence-electron chi connectivity index (χ4n) is 1.10. The van der Waals surface area contributed by atoms with Gasteiger partial charge in [0.1, 0.15) is 5.03 Å². The van der Waals surface area contributed by atoms with Crippen molar-refractivity contribution in [3.05, 3.63) is 11.5 Å². The molecule has 0 radical (unpaired) electrons. The van der Waals surface area contributed by atoms with E-state index in [2.05, 4.69) is 34.0 Å². The molecule has 2 aromatic rings. The van der Waals surface area contributed by atoms with E-state index in [1.54, 1.807) is 18.0 Å². The van der Waals surface area contributed by atoms with Crippen LogP contribution in [0.25, 0.3) is 11.0 Å². The predicted molar refractivity (Wildman–Crippen MR) is 57.7 cm³/mol. The normalized spacial score (nSPS) is 11.4. The number of nitrogens with one attached hydrogen (secondary N) is 1. The molecule has 0 aliphatic rings. The van der Waals surface area contributed by atoms with Gasteiger partial charge in [0.05, 0.1) is 11.6 Å². The van der Waals surface area contributed by atoms with E-state index in [0.717, 1.165) is 10.4 Å². The number of rotatable bonds is 2. The minimum Gasteiger partial charge on any atom is -0.261 e. The average molecular weight is 229 g/mol. The Kier molecular flexibility index (Phi) is 2.60. The topological polar surface area (TPSA) is 54.5 Å². The first-order valence-electron chi connectivity index (χ1n) is 4.20. The van der Waals surface area contributed by atoms with Crippen molar-refractivity contribution >= 4 is 34.4 Å². The van der Waals surface area contributed by atoms with E-state index in [-0.39, 0.29) is 5.28 Å². The molecule has 14 heavy (non-hydrogen) atoms. The SMILES string of the molecule is CC(C)Sc1nc(Cl)nc2[nH]ncc12. The standard InChI is InChI=1S/C8H9ClN4S/c1-4(2)14-7-5-3-10-13-6(5)11-8(9)12-7/h3-4H,1-2H3,(H,10,11,12,13). The van der Waals surface area contributed by atoms with E-state index in [4.69, 9.17) is 11.6 Å².